The van der Waals surface area contributed by atoms with Crippen LogP contribution in [0.15, 0.2) is 34.1 Å². The minimum Gasteiger partial charge on any atom is -0.496 e. The summed E-state index contributed by atoms with van der Waals surface area (Å²) >= 11 is 5.16. The Balaban J connectivity index is 2.35. The van der Waals surface area contributed by atoms with Crippen LogP contribution in [0.3, 0.4) is 0 Å². The van der Waals surface area contributed by atoms with Gasteiger partial charge >= 0.3 is 0 Å². The van der Waals surface area contributed by atoms with Crippen LogP contribution in [0.2, 0.25) is 0 Å². The van der Waals surface area contributed by atoms with E-state index in [2.05, 4.69) is 32.8 Å². The monoisotopic (exact) mass is 356 g/mol. The molecule has 108 valence electrons. The fourth-order valence-corrected chi connectivity index (χ4v) is 3.63. The fourth-order valence-electron chi connectivity index (χ4n) is 2.13. The zero-order valence-electron chi connectivity index (χ0n) is 11.4. The predicted octanol–water partition coefficient (Wildman–Crippen LogP) is 3.27. The highest BCUT2D eigenvalue weighted by atomic mass is 79.9. The molecule has 1 aromatic carbocycles. The van der Waals surface area contributed by atoms with Gasteiger partial charge in [0, 0.05) is 21.2 Å². The predicted molar refractivity (Wildman–Crippen MR) is 85.3 cm³/mol. The van der Waals surface area contributed by atoms with Crippen LogP contribution in [0.4, 0.5) is 0 Å². The Morgan fingerprint density at radius 3 is 2.40 bits per heavy atom. The average molecular weight is 357 g/mol. The van der Waals surface area contributed by atoms with Crippen LogP contribution in [-0.4, -0.2) is 14.2 Å². The number of methoxy groups -OCH3 is 2. The maximum Gasteiger partial charge on any atom is 0.127 e. The van der Waals surface area contributed by atoms with E-state index in [0.29, 0.717) is 0 Å². The number of benzene rings is 1. The summed E-state index contributed by atoms with van der Waals surface area (Å²) in [5.41, 5.74) is 3.79. The zero-order valence-corrected chi connectivity index (χ0v) is 13.8. The van der Waals surface area contributed by atoms with Crippen molar-refractivity contribution >= 4 is 27.3 Å². The Hall–Kier alpha value is -1.08. The summed E-state index contributed by atoms with van der Waals surface area (Å²) < 4.78 is 11.9. The molecule has 2 rings (SSSR count). The van der Waals surface area contributed by atoms with Crippen molar-refractivity contribution in [3.8, 4) is 11.5 Å². The van der Waals surface area contributed by atoms with Crippen molar-refractivity contribution < 1.29 is 9.47 Å². The number of halogens is 1. The van der Waals surface area contributed by atoms with Crippen molar-refractivity contribution in [3.63, 3.8) is 0 Å². The molecule has 3 N–H and O–H groups in total. The van der Waals surface area contributed by atoms with Crippen molar-refractivity contribution in [1.82, 2.24) is 5.43 Å². The van der Waals surface area contributed by atoms with Crippen LogP contribution in [0.1, 0.15) is 16.5 Å². The number of thiophene rings is 1. The van der Waals surface area contributed by atoms with E-state index in [1.54, 1.807) is 25.6 Å². The molecule has 0 bridgehead atoms. The van der Waals surface area contributed by atoms with Gasteiger partial charge < -0.3 is 9.47 Å². The van der Waals surface area contributed by atoms with Crippen LogP contribution in [0.5, 0.6) is 11.5 Å². The molecule has 0 amide bonds. The Bertz CT molecular complexity index is 552. The van der Waals surface area contributed by atoms with E-state index in [0.717, 1.165) is 28.0 Å². The number of hydrogen-bond acceptors (Lipinski definition) is 5. The van der Waals surface area contributed by atoms with E-state index in [4.69, 9.17) is 15.3 Å². The molecular formula is C14H17BrN2O2S. The van der Waals surface area contributed by atoms with Gasteiger partial charge in [0.15, 0.2) is 0 Å². The highest BCUT2D eigenvalue weighted by Gasteiger charge is 2.20. The molecule has 0 saturated heterocycles. The van der Waals surface area contributed by atoms with Gasteiger partial charge in [-0.1, -0.05) is 6.07 Å². The Morgan fingerprint density at radius 2 is 1.95 bits per heavy atom. The second-order valence-corrected chi connectivity index (χ2v) is 6.14. The smallest absolute Gasteiger partial charge is 0.127 e. The van der Waals surface area contributed by atoms with E-state index < -0.39 is 0 Å². The normalized spacial score (nSPS) is 12.2. The summed E-state index contributed by atoms with van der Waals surface area (Å²) in [7, 11) is 3.29. The summed E-state index contributed by atoms with van der Waals surface area (Å²) in [4.78, 5) is 1.23. The zero-order chi connectivity index (χ0) is 14.5. The summed E-state index contributed by atoms with van der Waals surface area (Å²) in [5, 5.41) is 2.06. The van der Waals surface area contributed by atoms with Crippen molar-refractivity contribution in [3.05, 3.63) is 44.6 Å². The van der Waals surface area contributed by atoms with E-state index in [1.807, 2.05) is 18.2 Å². The fraction of sp³-hybridized carbons (Fsp3) is 0.286. The highest BCUT2D eigenvalue weighted by Crippen LogP contribution is 2.36. The maximum atomic E-state index is 5.74. The number of rotatable bonds is 6. The molecule has 1 heterocycles. The van der Waals surface area contributed by atoms with Crippen LogP contribution < -0.4 is 20.7 Å². The first-order chi connectivity index (χ1) is 9.69. The Kier molecular flexibility index (Phi) is 5.42. The summed E-state index contributed by atoms with van der Waals surface area (Å²) in [5.74, 6) is 7.27. The molecule has 0 saturated carbocycles. The maximum absolute atomic E-state index is 5.74. The topological polar surface area (TPSA) is 56.5 Å². The molecule has 4 nitrogen and oxygen atoms in total. The first-order valence-corrected chi connectivity index (χ1v) is 7.76. The van der Waals surface area contributed by atoms with Gasteiger partial charge in [-0.25, -0.2) is 0 Å². The minimum absolute atomic E-state index is 0.0772. The van der Waals surface area contributed by atoms with Crippen LogP contribution in [-0.2, 0) is 6.42 Å². The van der Waals surface area contributed by atoms with Gasteiger partial charge in [0.25, 0.3) is 0 Å². The van der Waals surface area contributed by atoms with E-state index in [9.17, 15) is 0 Å². The number of ether oxygens (including phenoxy) is 2. The minimum atomic E-state index is -0.0772. The van der Waals surface area contributed by atoms with Crippen molar-refractivity contribution in [2.24, 2.45) is 5.84 Å². The largest absolute Gasteiger partial charge is 0.496 e. The summed E-state index contributed by atoms with van der Waals surface area (Å²) in [6.45, 7) is 0. The quantitative estimate of drug-likeness (QED) is 0.615. The Morgan fingerprint density at radius 1 is 1.30 bits per heavy atom. The van der Waals surface area contributed by atoms with E-state index >= 15 is 0 Å². The molecule has 0 aliphatic carbocycles. The van der Waals surface area contributed by atoms with Gasteiger partial charge in [-0.3, -0.25) is 11.3 Å². The third kappa shape index (κ3) is 3.32. The number of hydrogen-bond donors (Lipinski definition) is 2. The van der Waals surface area contributed by atoms with Gasteiger partial charge in [0.05, 0.1) is 25.8 Å². The molecule has 0 aliphatic rings. The highest BCUT2D eigenvalue weighted by molar-refractivity contribution is 9.10. The third-order valence-electron chi connectivity index (χ3n) is 3.04. The molecule has 0 spiro atoms. The molecule has 0 fully saturated rings. The second kappa shape index (κ2) is 7.08. The standard InChI is InChI=1S/C14H17BrN2O2S/c1-18-12-4-3-5-13(19-2)14(12)11(17-16)7-10-6-9(15)8-20-10/h3-6,8,11,17H,7,16H2,1-2H3. The van der Waals surface area contributed by atoms with Gasteiger partial charge in [-0.15, -0.1) is 11.3 Å². The molecular weight excluding hydrogens is 340 g/mol. The molecule has 20 heavy (non-hydrogen) atoms. The number of nitrogens with two attached hydrogens (primary N) is 1. The summed E-state index contributed by atoms with van der Waals surface area (Å²) in [6, 6.07) is 7.73. The lowest BCUT2D eigenvalue weighted by atomic mass is 10.0. The molecule has 0 aliphatic heterocycles. The average Bonchev–Trinajstić information content (AvgIpc) is 2.89. The SMILES string of the molecule is COc1cccc(OC)c1C(Cc1cc(Br)cs1)NN. The third-order valence-corrected chi connectivity index (χ3v) is 4.76. The van der Waals surface area contributed by atoms with Gasteiger partial charge in [-0.05, 0) is 34.1 Å². The molecule has 1 aromatic heterocycles. The summed E-state index contributed by atoms with van der Waals surface area (Å²) in [6.07, 6.45) is 0.767. The number of hydrazine groups is 1. The first kappa shape index (κ1) is 15.3. The first-order valence-electron chi connectivity index (χ1n) is 6.09. The van der Waals surface area contributed by atoms with Gasteiger partial charge in [0.1, 0.15) is 11.5 Å². The van der Waals surface area contributed by atoms with E-state index in [-0.39, 0.29) is 6.04 Å². The lowest BCUT2D eigenvalue weighted by molar-refractivity contribution is 0.370. The molecule has 2 aromatic rings. The molecule has 0 radical (unpaired) electrons. The van der Waals surface area contributed by atoms with Crippen LogP contribution >= 0.6 is 27.3 Å². The van der Waals surface area contributed by atoms with Crippen LogP contribution in [0, 0.1) is 0 Å². The van der Waals surface area contributed by atoms with Crippen molar-refractivity contribution in [2.45, 2.75) is 12.5 Å². The number of nitrogens with one attached hydrogen (secondary N) is 1. The van der Waals surface area contributed by atoms with Gasteiger partial charge in [-0.2, -0.15) is 0 Å². The van der Waals surface area contributed by atoms with Crippen LogP contribution in [0.25, 0.3) is 0 Å². The lowest BCUT2D eigenvalue weighted by Gasteiger charge is -2.21. The van der Waals surface area contributed by atoms with Crippen molar-refractivity contribution in [2.75, 3.05) is 14.2 Å². The molecule has 1 unspecified atom stereocenters. The molecule has 1 atom stereocenters. The molecule has 6 heteroatoms. The Labute approximate surface area is 131 Å². The van der Waals surface area contributed by atoms with E-state index in [1.165, 1.54) is 4.88 Å². The second-order valence-electron chi connectivity index (χ2n) is 4.23. The van der Waals surface area contributed by atoms with Crippen molar-refractivity contribution in [1.29, 1.82) is 0 Å². The van der Waals surface area contributed by atoms with Gasteiger partial charge in [0.2, 0.25) is 0 Å². The lowest BCUT2D eigenvalue weighted by Crippen LogP contribution is -2.30.